The van der Waals surface area contributed by atoms with Crippen LogP contribution in [0.3, 0.4) is 0 Å². The van der Waals surface area contributed by atoms with E-state index in [1.165, 1.54) is 11.8 Å². The standard InChI is InChI=1S/C20H24N4O2S/c1-13(2)12-24-18(17-6-5-11-26-17)22-23-20(24)27-15(4)19(25)21-16-9-7-14(3)8-10-16/h5-11,13,15H,12H2,1-4H3,(H,21,25). The smallest absolute Gasteiger partial charge is 0.237 e. The van der Waals surface area contributed by atoms with E-state index in [4.69, 9.17) is 4.42 Å². The zero-order chi connectivity index (χ0) is 19.4. The lowest BCUT2D eigenvalue weighted by molar-refractivity contribution is -0.115. The predicted molar refractivity (Wildman–Crippen MR) is 108 cm³/mol. The van der Waals surface area contributed by atoms with Crippen molar-refractivity contribution >= 4 is 23.4 Å². The van der Waals surface area contributed by atoms with Crippen LogP contribution in [0.15, 0.2) is 52.2 Å². The molecule has 1 N–H and O–H groups in total. The summed E-state index contributed by atoms with van der Waals surface area (Å²) < 4.78 is 7.50. The molecule has 0 fully saturated rings. The molecule has 7 heteroatoms. The molecule has 1 atom stereocenters. The van der Waals surface area contributed by atoms with Crippen LogP contribution in [-0.4, -0.2) is 25.9 Å². The fraction of sp³-hybridized carbons (Fsp3) is 0.350. The number of thioether (sulfide) groups is 1. The van der Waals surface area contributed by atoms with Crippen molar-refractivity contribution in [3.8, 4) is 11.6 Å². The number of aromatic nitrogens is 3. The summed E-state index contributed by atoms with van der Waals surface area (Å²) in [4.78, 5) is 12.6. The van der Waals surface area contributed by atoms with Gasteiger partial charge in [0.25, 0.3) is 0 Å². The maximum atomic E-state index is 12.6. The van der Waals surface area contributed by atoms with Crippen molar-refractivity contribution in [1.29, 1.82) is 0 Å². The number of hydrogen-bond donors (Lipinski definition) is 1. The third kappa shape index (κ3) is 4.80. The summed E-state index contributed by atoms with van der Waals surface area (Å²) in [5.74, 6) is 1.70. The first-order valence-electron chi connectivity index (χ1n) is 8.95. The van der Waals surface area contributed by atoms with E-state index in [9.17, 15) is 4.79 Å². The molecule has 0 aliphatic rings. The zero-order valence-corrected chi connectivity index (χ0v) is 16.8. The van der Waals surface area contributed by atoms with E-state index < -0.39 is 0 Å². The van der Waals surface area contributed by atoms with Gasteiger partial charge < -0.3 is 9.73 Å². The van der Waals surface area contributed by atoms with Gasteiger partial charge in [-0.05, 0) is 44.0 Å². The summed E-state index contributed by atoms with van der Waals surface area (Å²) in [7, 11) is 0. The first-order valence-corrected chi connectivity index (χ1v) is 9.83. The Labute approximate surface area is 163 Å². The lowest BCUT2D eigenvalue weighted by atomic mass is 10.2. The van der Waals surface area contributed by atoms with Gasteiger partial charge in [0.2, 0.25) is 5.91 Å². The highest BCUT2D eigenvalue weighted by Gasteiger charge is 2.22. The zero-order valence-electron chi connectivity index (χ0n) is 16.0. The van der Waals surface area contributed by atoms with Crippen LogP contribution in [0.25, 0.3) is 11.6 Å². The number of amides is 1. The first kappa shape index (κ1) is 19.2. The molecule has 142 valence electrons. The van der Waals surface area contributed by atoms with Gasteiger partial charge in [-0.1, -0.05) is 43.3 Å². The van der Waals surface area contributed by atoms with Crippen molar-refractivity contribution in [2.75, 3.05) is 5.32 Å². The Hall–Kier alpha value is -2.54. The number of rotatable bonds is 7. The summed E-state index contributed by atoms with van der Waals surface area (Å²) in [6.45, 7) is 8.90. The van der Waals surface area contributed by atoms with Gasteiger partial charge >= 0.3 is 0 Å². The second-order valence-electron chi connectivity index (χ2n) is 6.90. The Bertz CT molecular complexity index is 885. The molecule has 0 spiro atoms. The van der Waals surface area contributed by atoms with E-state index >= 15 is 0 Å². The third-order valence-corrected chi connectivity index (χ3v) is 5.06. The molecule has 0 radical (unpaired) electrons. The molecule has 2 heterocycles. The molecule has 2 aromatic heterocycles. The molecule has 1 unspecified atom stereocenters. The van der Waals surface area contributed by atoms with Gasteiger partial charge in [-0.25, -0.2) is 0 Å². The van der Waals surface area contributed by atoms with Crippen molar-refractivity contribution in [3.63, 3.8) is 0 Å². The maximum Gasteiger partial charge on any atom is 0.237 e. The molecule has 1 amide bonds. The lowest BCUT2D eigenvalue weighted by Crippen LogP contribution is -2.23. The Morgan fingerprint density at radius 3 is 2.56 bits per heavy atom. The van der Waals surface area contributed by atoms with Crippen molar-refractivity contribution in [2.45, 2.75) is 44.6 Å². The molecule has 3 aromatic rings. The minimum absolute atomic E-state index is 0.0671. The van der Waals surface area contributed by atoms with Crippen molar-refractivity contribution in [3.05, 3.63) is 48.2 Å². The van der Waals surface area contributed by atoms with Crippen molar-refractivity contribution in [2.24, 2.45) is 5.92 Å². The van der Waals surface area contributed by atoms with Crippen LogP contribution in [-0.2, 0) is 11.3 Å². The topological polar surface area (TPSA) is 73.0 Å². The second-order valence-corrected chi connectivity index (χ2v) is 8.21. The predicted octanol–water partition coefficient (Wildman–Crippen LogP) is 4.62. The summed E-state index contributed by atoms with van der Waals surface area (Å²) in [6.07, 6.45) is 1.62. The quantitative estimate of drug-likeness (QED) is 0.602. The van der Waals surface area contributed by atoms with Crippen LogP contribution in [0, 0.1) is 12.8 Å². The Morgan fingerprint density at radius 2 is 1.93 bits per heavy atom. The van der Waals surface area contributed by atoms with Gasteiger partial charge in [0.15, 0.2) is 16.7 Å². The van der Waals surface area contributed by atoms with Gasteiger partial charge in [-0.15, -0.1) is 10.2 Å². The highest BCUT2D eigenvalue weighted by Crippen LogP contribution is 2.28. The Balaban J connectivity index is 1.75. The van der Waals surface area contributed by atoms with Gasteiger partial charge in [-0.3, -0.25) is 9.36 Å². The van der Waals surface area contributed by atoms with Gasteiger partial charge in [0.05, 0.1) is 11.5 Å². The second kappa shape index (κ2) is 8.43. The fourth-order valence-corrected chi connectivity index (χ4v) is 3.44. The lowest BCUT2D eigenvalue weighted by Gasteiger charge is -2.14. The van der Waals surface area contributed by atoms with Crippen molar-refractivity contribution < 1.29 is 9.21 Å². The number of aryl methyl sites for hydroxylation is 1. The van der Waals surface area contributed by atoms with Crippen LogP contribution in [0.1, 0.15) is 26.3 Å². The summed E-state index contributed by atoms with van der Waals surface area (Å²) in [6, 6.07) is 11.4. The van der Waals surface area contributed by atoms with E-state index in [0.29, 0.717) is 22.7 Å². The van der Waals surface area contributed by atoms with E-state index in [1.807, 2.05) is 54.8 Å². The third-order valence-electron chi connectivity index (χ3n) is 3.98. The molecule has 0 saturated carbocycles. The highest BCUT2D eigenvalue weighted by atomic mass is 32.2. The molecule has 0 bridgehead atoms. The normalized spacial score (nSPS) is 12.3. The fourth-order valence-electron chi connectivity index (χ4n) is 2.59. The number of anilines is 1. The summed E-state index contributed by atoms with van der Waals surface area (Å²) >= 11 is 1.40. The van der Waals surface area contributed by atoms with Crippen LogP contribution in [0.5, 0.6) is 0 Å². The van der Waals surface area contributed by atoms with Gasteiger partial charge in [0.1, 0.15) is 0 Å². The van der Waals surface area contributed by atoms with Crippen LogP contribution >= 0.6 is 11.8 Å². The molecule has 3 rings (SSSR count). The SMILES string of the molecule is Cc1ccc(NC(=O)C(C)Sc2nnc(-c3ccco3)n2CC(C)C)cc1. The molecular weight excluding hydrogens is 360 g/mol. The average molecular weight is 385 g/mol. The Kier molecular flexibility index (Phi) is 6.01. The van der Waals surface area contributed by atoms with Gasteiger partial charge in [-0.2, -0.15) is 0 Å². The van der Waals surface area contributed by atoms with E-state index in [-0.39, 0.29) is 11.2 Å². The molecule has 0 saturated heterocycles. The minimum atomic E-state index is -0.314. The average Bonchev–Trinajstić information content (AvgIpc) is 3.27. The first-order chi connectivity index (χ1) is 12.9. The van der Waals surface area contributed by atoms with Crippen LogP contribution in [0.2, 0.25) is 0 Å². The molecule has 27 heavy (non-hydrogen) atoms. The highest BCUT2D eigenvalue weighted by molar-refractivity contribution is 8.00. The number of nitrogens with zero attached hydrogens (tertiary/aromatic N) is 3. The maximum absolute atomic E-state index is 12.6. The minimum Gasteiger partial charge on any atom is -0.461 e. The van der Waals surface area contributed by atoms with E-state index in [0.717, 1.165) is 17.8 Å². The molecule has 0 aliphatic heterocycles. The van der Waals surface area contributed by atoms with Gasteiger partial charge in [0, 0.05) is 12.2 Å². The largest absolute Gasteiger partial charge is 0.461 e. The van der Waals surface area contributed by atoms with E-state index in [1.54, 1.807) is 6.26 Å². The number of furan rings is 1. The number of nitrogens with one attached hydrogen (secondary N) is 1. The van der Waals surface area contributed by atoms with Crippen molar-refractivity contribution in [1.82, 2.24) is 14.8 Å². The molecule has 0 aliphatic carbocycles. The monoisotopic (exact) mass is 384 g/mol. The van der Waals surface area contributed by atoms with Crippen LogP contribution < -0.4 is 5.32 Å². The molecule has 1 aromatic carbocycles. The summed E-state index contributed by atoms with van der Waals surface area (Å²) in [5.41, 5.74) is 1.95. The van der Waals surface area contributed by atoms with Crippen LogP contribution in [0.4, 0.5) is 5.69 Å². The van der Waals surface area contributed by atoms with E-state index in [2.05, 4.69) is 29.4 Å². The summed E-state index contributed by atoms with van der Waals surface area (Å²) in [5, 5.41) is 11.9. The number of carbonyl (C=O) groups excluding carboxylic acids is 1. The Morgan fingerprint density at radius 1 is 1.19 bits per heavy atom. The molecule has 6 nitrogen and oxygen atoms in total. The number of benzene rings is 1. The molecular formula is C20H24N4O2S. The number of carbonyl (C=O) groups is 1. The number of hydrogen-bond acceptors (Lipinski definition) is 5.